The van der Waals surface area contributed by atoms with Crippen LogP contribution >= 0.6 is 0 Å². The van der Waals surface area contributed by atoms with E-state index in [9.17, 15) is 14.4 Å². The lowest BCUT2D eigenvalue weighted by Gasteiger charge is -2.37. The summed E-state index contributed by atoms with van der Waals surface area (Å²) in [7, 11) is 1.55. The van der Waals surface area contributed by atoms with Crippen LogP contribution < -0.4 is 0 Å². The molecule has 1 saturated heterocycles. The second-order valence-electron chi connectivity index (χ2n) is 4.37. The van der Waals surface area contributed by atoms with Gasteiger partial charge in [0.15, 0.2) is 0 Å². The van der Waals surface area contributed by atoms with Gasteiger partial charge in [-0.15, -0.1) is 0 Å². The van der Waals surface area contributed by atoms with Crippen molar-refractivity contribution in [3.63, 3.8) is 0 Å². The molecule has 1 atom stereocenters. The third-order valence-electron chi connectivity index (χ3n) is 3.05. The number of carboxylic acids is 1. The molecule has 2 amide bonds. The highest BCUT2D eigenvalue weighted by Gasteiger charge is 2.42. The van der Waals surface area contributed by atoms with Crippen molar-refractivity contribution in [2.75, 3.05) is 20.1 Å². The van der Waals surface area contributed by atoms with Gasteiger partial charge < -0.3 is 14.9 Å². The van der Waals surface area contributed by atoms with Crippen LogP contribution in [0.4, 0.5) is 0 Å². The van der Waals surface area contributed by atoms with E-state index < -0.39 is 12.0 Å². The van der Waals surface area contributed by atoms with Crippen LogP contribution in [0.1, 0.15) is 12.8 Å². The number of piperazine rings is 1. The van der Waals surface area contributed by atoms with E-state index in [0.717, 1.165) is 12.8 Å². The Morgan fingerprint density at radius 1 is 1.38 bits per heavy atom. The highest BCUT2D eigenvalue weighted by atomic mass is 16.4. The molecule has 0 aromatic rings. The van der Waals surface area contributed by atoms with Gasteiger partial charge in [0.05, 0.1) is 6.54 Å². The van der Waals surface area contributed by atoms with Crippen molar-refractivity contribution in [3.05, 3.63) is 0 Å². The zero-order chi connectivity index (χ0) is 11.9. The van der Waals surface area contributed by atoms with E-state index in [1.807, 2.05) is 0 Å². The van der Waals surface area contributed by atoms with Crippen LogP contribution in [0.25, 0.3) is 0 Å². The Bertz CT molecular complexity index is 351. The second-order valence-corrected chi connectivity index (χ2v) is 4.37. The van der Waals surface area contributed by atoms with Crippen LogP contribution in [-0.2, 0) is 14.4 Å². The van der Waals surface area contributed by atoms with Crippen LogP contribution in [0.2, 0.25) is 0 Å². The molecule has 16 heavy (non-hydrogen) atoms. The number of hydrogen-bond donors (Lipinski definition) is 1. The highest BCUT2D eigenvalue weighted by molar-refractivity contribution is 5.92. The van der Waals surface area contributed by atoms with Gasteiger partial charge in [0.2, 0.25) is 11.8 Å². The molecular weight excluding hydrogens is 212 g/mol. The minimum Gasteiger partial charge on any atom is -0.480 e. The van der Waals surface area contributed by atoms with Gasteiger partial charge in [0, 0.05) is 13.0 Å². The summed E-state index contributed by atoms with van der Waals surface area (Å²) < 4.78 is 0. The predicted molar refractivity (Wildman–Crippen MR) is 53.5 cm³/mol. The summed E-state index contributed by atoms with van der Waals surface area (Å²) in [4.78, 5) is 36.9. The lowest BCUT2D eigenvalue weighted by atomic mass is 10.1. The van der Waals surface area contributed by atoms with Crippen LogP contribution in [0.3, 0.4) is 0 Å². The lowest BCUT2D eigenvalue weighted by molar-refractivity contribution is -0.159. The van der Waals surface area contributed by atoms with Gasteiger partial charge in [0.25, 0.3) is 0 Å². The van der Waals surface area contributed by atoms with Gasteiger partial charge >= 0.3 is 5.97 Å². The SMILES string of the molecule is CN1CC(C(=O)O)N(C(=O)C2CC2)CC1=O. The van der Waals surface area contributed by atoms with Gasteiger partial charge in [-0.25, -0.2) is 4.79 Å². The van der Waals surface area contributed by atoms with Crippen molar-refractivity contribution in [1.82, 2.24) is 9.80 Å². The molecule has 1 heterocycles. The number of rotatable bonds is 2. The van der Waals surface area contributed by atoms with Gasteiger partial charge in [-0.1, -0.05) is 0 Å². The Hall–Kier alpha value is -1.59. The van der Waals surface area contributed by atoms with E-state index in [4.69, 9.17) is 5.11 Å². The Morgan fingerprint density at radius 3 is 2.50 bits per heavy atom. The van der Waals surface area contributed by atoms with E-state index >= 15 is 0 Å². The number of carboxylic acid groups (broad SMARTS) is 1. The fourth-order valence-corrected chi connectivity index (χ4v) is 1.84. The zero-order valence-corrected chi connectivity index (χ0v) is 9.05. The number of carbonyl (C=O) groups excluding carboxylic acids is 2. The lowest BCUT2D eigenvalue weighted by Crippen LogP contribution is -2.59. The van der Waals surface area contributed by atoms with E-state index in [0.29, 0.717) is 0 Å². The van der Waals surface area contributed by atoms with E-state index in [2.05, 4.69) is 0 Å². The number of amides is 2. The number of hydrogen-bond acceptors (Lipinski definition) is 3. The third kappa shape index (κ3) is 1.87. The maximum absolute atomic E-state index is 11.8. The quantitative estimate of drug-likeness (QED) is 0.665. The molecule has 2 rings (SSSR count). The summed E-state index contributed by atoms with van der Waals surface area (Å²) in [5, 5.41) is 9.03. The summed E-state index contributed by atoms with van der Waals surface area (Å²) >= 11 is 0. The molecule has 2 fully saturated rings. The predicted octanol–water partition coefficient (Wildman–Crippen LogP) is -0.850. The Morgan fingerprint density at radius 2 is 2.00 bits per heavy atom. The zero-order valence-electron chi connectivity index (χ0n) is 9.05. The van der Waals surface area contributed by atoms with Gasteiger partial charge in [-0.05, 0) is 12.8 Å². The molecule has 1 aliphatic carbocycles. The molecule has 6 nitrogen and oxygen atoms in total. The van der Waals surface area contributed by atoms with Crippen molar-refractivity contribution in [2.24, 2.45) is 5.92 Å². The first-order chi connectivity index (χ1) is 7.50. The van der Waals surface area contributed by atoms with Crippen LogP contribution in [-0.4, -0.2) is 58.9 Å². The maximum Gasteiger partial charge on any atom is 0.328 e. The average Bonchev–Trinajstić information content (AvgIpc) is 3.03. The number of nitrogens with zero attached hydrogens (tertiary/aromatic N) is 2. The van der Waals surface area contributed by atoms with Crippen molar-refractivity contribution >= 4 is 17.8 Å². The Labute approximate surface area is 92.8 Å². The molecule has 88 valence electrons. The summed E-state index contributed by atoms with van der Waals surface area (Å²) in [6.07, 6.45) is 1.62. The van der Waals surface area contributed by atoms with Crippen molar-refractivity contribution in [2.45, 2.75) is 18.9 Å². The third-order valence-corrected chi connectivity index (χ3v) is 3.05. The van der Waals surface area contributed by atoms with E-state index in [1.54, 1.807) is 7.05 Å². The number of carbonyl (C=O) groups is 3. The second kappa shape index (κ2) is 3.77. The van der Waals surface area contributed by atoms with Crippen LogP contribution in [0, 0.1) is 5.92 Å². The van der Waals surface area contributed by atoms with Crippen molar-refractivity contribution in [1.29, 1.82) is 0 Å². The smallest absolute Gasteiger partial charge is 0.328 e. The first-order valence-electron chi connectivity index (χ1n) is 5.28. The molecule has 6 heteroatoms. The molecule has 0 aromatic carbocycles. The van der Waals surface area contributed by atoms with Crippen molar-refractivity contribution in [3.8, 4) is 0 Å². The fourth-order valence-electron chi connectivity index (χ4n) is 1.84. The van der Waals surface area contributed by atoms with E-state index in [-0.39, 0.29) is 30.8 Å². The standard InChI is InChI=1S/C10H14N2O4/c1-11-4-7(10(15)16)12(5-8(11)13)9(14)6-2-3-6/h6-7H,2-5H2,1H3,(H,15,16). The fraction of sp³-hybridized carbons (Fsp3) is 0.700. The summed E-state index contributed by atoms with van der Waals surface area (Å²) in [5.74, 6) is -1.49. The first kappa shape index (κ1) is 10.9. The molecule has 0 aromatic heterocycles. The van der Waals surface area contributed by atoms with E-state index in [1.165, 1.54) is 9.80 Å². The van der Waals surface area contributed by atoms with Crippen LogP contribution in [0.5, 0.6) is 0 Å². The average molecular weight is 226 g/mol. The molecular formula is C10H14N2O4. The molecule has 0 spiro atoms. The topological polar surface area (TPSA) is 77.9 Å². The van der Waals surface area contributed by atoms with Crippen LogP contribution in [0.15, 0.2) is 0 Å². The molecule has 1 aliphatic heterocycles. The molecule has 1 N–H and O–H groups in total. The molecule has 1 saturated carbocycles. The molecule has 0 bridgehead atoms. The highest BCUT2D eigenvalue weighted by Crippen LogP contribution is 2.32. The molecule has 2 aliphatic rings. The summed E-state index contributed by atoms with van der Waals surface area (Å²) in [6.45, 7) is -0.0323. The number of aliphatic carboxylic acids is 1. The Kier molecular flexibility index (Phi) is 2.57. The largest absolute Gasteiger partial charge is 0.480 e. The molecule has 1 unspecified atom stereocenters. The van der Waals surface area contributed by atoms with Gasteiger partial charge in [-0.3, -0.25) is 9.59 Å². The number of likely N-dealkylation sites (N-methyl/N-ethyl adjacent to an activating group) is 1. The van der Waals surface area contributed by atoms with Gasteiger partial charge in [0.1, 0.15) is 12.6 Å². The first-order valence-corrected chi connectivity index (χ1v) is 5.28. The summed E-state index contributed by atoms with van der Waals surface area (Å²) in [5.41, 5.74) is 0. The molecule has 0 radical (unpaired) electrons. The van der Waals surface area contributed by atoms with Crippen molar-refractivity contribution < 1.29 is 19.5 Å². The monoisotopic (exact) mass is 226 g/mol. The maximum atomic E-state index is 11.8. The normalized spacial score (nSPS) is 25.8. The minimum atomic E-state index is -1.05. The Balaban J connectivity index is 2.15. The van der Waals surface area contributed by atoms with Gasteiger partial charge in [-0.2, -0.15) is 0 Å². The summed E-state index contributed by atoms with van der Waals surface area (Å²) in [6, 6.07) is -0.893. The minimum absolute atomic E-state index is 0.0574.